The maximum absolute atomic E-state index is 11.7. The normalized spacial score (nSPS) is 17.1. The fraction of sp³-hybridized carbons (Fsp3) is 0.889. The molecule has 0 atom stereocenters. The fourth-order valence-electron chi connectivity index (χ4n) is 1.11. The predicted octanol–water partition coefficient (Wildman–Crippen LogP) is 1.90. The van der Waals surface area contributed by atoms with E-state index in [9.17, 15) is 18.0 Å². The lowest BCUT2D eigenvalue weighted by Crippen LogP contribution is -2.25. The molecule has 1 fully saturated rings. The first kappa shape index (κ1) is 11.5. The molecule has 0 unspecified atom stereocenters. The van der Waals surface area contributed by atoms with Crippen LogP contribution in [-0.4, -0.2) is 25.0 Å². The van der Waals surface area contributed by atoms with Crippen LogP contribution in [0, 0.1) is 5.92 Å². The van der Waals surface area contributed by atoms with E-state index in [1.54, 1.807) is 0 Å². The number of carbonyl (C=O) groups excluding carboxylic acids is 1. The molecule has 0 saturated heterocycles. The van der Waals surface area contributed by atoms with Gasteiger partial charge in [0, 0.05) is 6.42 Å². The molecule has 0 amide bonds. The van der Waals surface area contributed by atoms with Crippen LogP contribution in [0.1, 0.15) is 25.7 Å². The quantitative estimate of drug-likeness (QED) is 0.723. The van der Waals surface area contributed by atoms with Crippen molar-refractivity contribution in [1.29, 1.82) is 0 Å². The summed E-state index contributed by atoms with van der Waals surface area (Å²) in [6.07, 6.45) is -3.28. The molecule has 5 heteroatoms. The van der Waals surface area contributed by atoms with Crippen molar-refractivity contribution in [3.63, 3.8) is 0 Å². The Labute approximate surface area is 80.9 Å². The topological polar surface area (TPSA) is 29.1 Å². The summed E-state index contributed by atoms with van der Waals surface area (Å²) < 4.78 is 35.1. The van der Waals surface area contributed by atoms with Gasteiger partial charge in [-0.2, -0.15) is 13.2 Å². The molecule has 1 aliphatic rings. The molecule has 0 radical (unpaired) electrons. The SMILES string of the molecule is O=C(CCC(F)(F)F)CNCC1CC1. The Hall–Kier alpha value is -0.580. The highest BCUT2D eigenvalue weighted by atomic mass is 19.4. The Morgan fingerprint density at radius 2 is 2.00 bits per heavy atom. The van der Waals surface area contributed by atoms with Crippen molar-refractivity contribution in [3.8, 4) is 0 Å². The van der Waals surface area contributed by atoms with Crippen LogP contribution in [0.25, 0.3) is 0 Å². The lowest BCUT2D eigenvalue weighted by Gasteiger charge is -2.05. The van der Waals surface area contributed by atoms with E-state index >= 15 is 0 Å². The molecule has 0 bridgehead atoms. The zero-order valence-electron chi connectivity index (χ0n) is 7.86. The van der Waals surface area contributed by atoms with Gasteiger partial charge in [-0.25, -0.2) is 0 Å². The highest BCUT2D eigenvalue weighted by Gasteiger charge is 2.27. The Morgan fingerprint density at radius 1 is 1.36 bits per heavy atom. The summed E-state index contributed by atoms with van der Waals surface area (Å²) in [6, 6.07) is 0. The summed E-state index contributed by atoms with van der Waals surface area (Å²) in [4.78, 5) is 10.9. The summed E-state index contributed by atoms with van der Waals surface area (Å²) in [7, 11) is 0. The maximum atomic E-state index is 11.7. The minimum Gasteiger partial charge on any atom is -0.310 e. The Bertz CT molecular complexity index is 199. The second-order valence-electron chi connectivity index (χ2n) is 3.73. The van der Waals surface area contributed by atoms with Crippen molar-refractivity contribution < 1.29 is 18.0 Å². The van der Waals surface area contributed by atoms with Crippen LogP contribution in [0.15, 0.2) is 0 Å². The number of hydrogen-bond donors (Lipinski definition) is 1. The van der Waals surface area contributed by atoms with Crippen molar-refractivity contribution >= 4 is 5.78 Å². The van der Waals surface area contributed by atoms with Crippen LogP contribution < -0.4 is 5.32 Å². The first-order valence-corrected chi connectivity index (χ1v) is 4.76. The number of carbonyl (C=O) groups is 1. The molecule has 1 aliphatic carbocycles. The van der Waals surface area contributed by atoms with Crippen LogP contribution >= 0.6 is 0 Å². The molecule has 0 spiro atoms. The predicted molar refractivity (Wildman–Crippen MR) is 45.9 cm³/mol. The third-order valence-electron chi connectivity index (χ3n) is 2.14. The van der Waals surface area contributed by atoms with Crippen LogP contribution in [0.2, 0.25) is 0 Å². The van der Waals surface area contributed by atoms with E-state index in [4.69, 9.17) is 0 Å². The van der Waals surface area contributed by atoms with E-state index in [0.717, 1.165) is 6.54 Å². The molecule has 1 saturated carbocycles. The van der Waals surface area contributed by atoms with Gasteiger partial charge < -0.3 is 5.32 Å². The molecular weight excluding hydrogens is 195 g/mol. The molecule has 0 heterocycles. The van der Waals surface area contributed by atoms with E-state index in [2.05, 4.69) is 5.32 Å². The van der Waals surface area contributed by atoms with Gasteiger partial charge in [0.15, 0.2) is 0 Å². The van der Waals surface area contributed by atoms with E-state index in [1.165, 1.54) is 12.8 Å². The summed E-state index contributed by atoms with van der Waals surface area (Å²) >= 11 is 0. The Morgan fingerprint density at radius 3 is 2.50 bits per heavy atom. The van der Waals surface area contributed by atoms with E-state index < -0.39 is 19.0 Å². The number of Topliss-reactive ketones (excluding diaryl/α,β-unsaturated/α-hetero) is 1. The maximum Gasteiger partial charge on any atom is 0.389 e. The highest BCUT2D eigenvalue weighted by Crippen LogP contribution is 2.27. The first-order valence-electron chi connectivity index (χ1n) is 4.76. The fourth-order valence-corrected chi connectivity index (χ4v) is 1.11. The zero-order chi connectivity index (χ0) is 10.6. The van der Waals surface area contributed by atoms with Gasteiger partial charge in [-0.1, -0.05) is 0 Å². The van der Waals surface area contributed by atoms with E-state index in [0.29, 0.717) is 5.92 Å². The zero-order valence-corrected chi connectivity index (χ0v) is 7.86. The monoisotopic (exact) mass is 209 g/mol. The van der Waals surface area contributed by atoms with Crippen LogP contribution in [0.5, 0.6) is 0 Å². The number of halogens is 3. The van der Waals surface area contributed by atoms with Crippen LogP contribution in [0.4, 0.5) is 13.2 Å². The average molecular weight is 209 g/mol. The smallest absolute Gasteiger partial charge is 0.310 e. The molecule has 1 N–H and O–H groups in total. The Kier molecular flexibility index (Phi) is 3.92. The third-order valence-corrected chi connectivity index (χ3v) is 2.14. The first-order chi connectivity index (χ1) is 6.47. The Balaban J connectivity index is 1.97. The number of alkyl halides is 3. The van der Waals surface area contributed by atoms with E-state index in [-0.39, 0.29) is 12.3 Å². The number of ketones is 1. The molecule has 0 aliphatic heterocycles. The van der Waals surface area contributed by atoms with Crippen molar-refractivity contribution in [2.45, 2.75) is 31.9 Å². The van der Waals surface area contributed by atoms with Crippen molar-refractivity contribution in [2.24, 2.45) is 5.92 Å². The van der Waals surface area contributed by atoms with Gasteiger partial charge >= 0.3 is 6.18 Å². The van der Waals surface area contributed by atoms with Crippen molar-refractivity contribution in [1.82, 2.24) is 5.32 Å². The minimum atomic E-state index is -4.22. The molecule has 2 nitrogen and oxygen atoms in total. The van der Waals surface area contributed by atoms with Crippen LogP contribution in [-0.2, 0) is 4.79 Å². The molecule has 82 valence electrons. The summed E-state index contributed by atoms with van der Waals surface area (Å²) in [5, 5.41) is 2.87. The van der Waals surface area contributed by atoms with Crippen molar-refractivity contribution in [2.75, 3.05) is 13.1 Å². The van der Waals surface area contributed by atoms with Crippen molar-refractivity contribution in [3.05, 3.63) is 0 Å². The minimum absolute atomic E-state index is 0.0760. The van der Waals surface area contributed by atoms with E-state index in [1.807, 2.05) is 0 Å². The summed E-state index contributed by atoms with van der Waals surface area (Å²) in [5.74, 6) is 0.286. The molecule has 0 aromatic carbocycles. The van der Waals surface area contributed by atoms with Gasteiger partial charge in [0.25, 0.3) is 0 Å². The van der Waals surface area contributed by atoms with Gasteiger partial charge in [0.05, 0.1) is 13.0 Å². The largest absolute Gasteiger partial charge is 0.389 e. The lowest BCUT2D eigenvalue weighted by molar-refractivity contribution is -0.142. The number of nitrogens with one attached hydrogen (secondary N) is 1. The lowest BCUT2D eigenvalue weighted by atomic mass is 10.2. The van der Waals surface area contributed by atoms with Gasteiger partial charge in [0.1, 0.15) is 5.78 Å². The van der Waals surface area contributed by atoms with Gasteiger partial charge in [-0.05, 0) is 25.3 Å². The highest BCUT2D eigenvalue weighted by molar-refractivity contribution is 5.80. The molecule has 14 heavy (non-hydrogen) atoms. The van der Waals surface area contributed by atoms with Crippen LogP contribution in [0.3, 0.4) is 0 Å². The molecule has 0 aromatic heterocycles. The van der Waals surface area contributed by atoms with Gasteiger partial charge in [0.2, 0.25) is 0 Å². The van der Waals surface area contributed by atoms with Gasteiger partial charge in [-0.3, -0.25) is 4.79 Å². The standard InChI is InChI=1S/C9H14F3NO/c10-9(11,12)4-3-8(14)6-13-5-7-1-2-7/h7,13H,1-6H2. The van der Waals surface area contributed by atoms with Gasteiger partial charge in [-0.15, -0.1) is 0 Å². The average Bonchev–Trinajstić information content (AvgIpc) is 2.83. The second kappa shape index (κ2) is 4.77. The summed E-state index contributed by atoms with van der Waals surface area (Å²) in [5.41, 5.74) is 0. The number of hydrogen-bond acceptors (Lipinski definition) is 2. The second-order valence-corrected chi connectivity index (χ2v) is 3.73. The third kappa shape index (κ3) is 5.96. The summed E-state index contributed by atoms with van der Waals surface area (Å²) in [6.45, 7) is 0.838. The number of rotatable bonds is 6. The molecule has 0 aromatic rings. The molecule has 1 rings (SSSR count). The molecular formula is C9H14F3NO.